The summed E-state index contributed by atoms with van der Waals surface area (Å²) in [7, 11) is 0. The van der Waals surface area contributed by atoms with Gasteiger partial charge in [0, 0.05) is 19.1 Å². The van der Waals surface area contributed by atoms with Crippen molar-refractivity contribution in [1.82, 2.24) is 10.6 Å². The third-order valence-electron chi connectivity index (χ3n) is 2.25. The first-order valence-corrected chi connectivity index (χ1v) is 5.03. The molecule has 0 radical (unpaired) electrons. The molecule has 0 aromatic rings. The molecule has 0 amide bonds. The maximum atomic E-state index is 8.80. The van der Waals surface area contributed by atoms with Crippen molar-refractivity contribution in [1.29, 1.82) is 5.26 Å². The largest absolute Gasteiger partial charge is 0.360 e. The normalized spacial score (nSPS) is 28.4. The van der Waals surface area contributed by atoms with Gasteiger partial charge in [-0.2, -0.15) is 5.26 Å². The molecule has 80 valence electrons. The Kier molecular flexibility index (Phi) is 3.87. The molecule has 1 saturated heterocycles. The van der Waals surface area contributed by atoms with Crippen LogP contribution >= 0.6 is 0 Å². The fourth-order valence-corrected chi connectivity index (χ4v) is 1.22. The Hall–Kier alpha value is -0.630. The second-order valence-corrected chi connectivity index (χ2v) is 4.51. The number of nitrogens with zero attached hydrogens (tertiary/aromatic N) is 1. The highest BCUT2D eigenvalue weighted by atomic mass is 16.5. The zero-order valence-electron chi connectivity index (χ0n) is 9.13. The Morgan fingerprint density at radius 1 is 1.43 bits per heavy atom. The highest BCUT2D eigenvalue weighted by Crippen LogP contribution is 2.14. The fourth-order valence-electron chi connectivity index (χ4n) is 1.22. The van der Waals surface area contributed by atoms with Gasteiger partial charge in [-0.05, 0) is 20.8 Å². The summed E-state index contributed by atoms with van der Waals surface area (Å²) in [4.78, 5) is 0. The minimum atomic E-state index is -0.398. The van der Waals surface area contributed by atoms with Crippen LogP contribution < -0.4 is 10.6 Å². The molecule has 0 aromatic heterocycles. The van der Waals surface area contributed by atoms with Crippen molar-refractivity contribution in [2.24, 2.45) is 5.41 Å². The highest BCUT2D eigenvalue weighted by molar-refractivity contribution is 4.91. The Bertz CT molecular complexity index is 214. The van der Waals surface area contributed by atoms with Crippen molar-refractivity contribution < 1.29 is 4.74 Å². The molecule has 0 bridgehead atoms. The van der Waals surface area contributed by atoms with Crippen molar-refractivity contribution >= 4 is 0 Å². The van der Waals surface area contributed by atoms with Gasteiger partial charge in [-0.15, -0.1) is 0 Å². The molecule has 1 fully saturated rings. The van der Waals surface area contributed by atoms with Gasteiger partial charge in [0.05, 0.1) is 18.1 Å². The van der Waals surface area contributed by atoms with Crippen LogP contribution in [-0.4, -0.2) is 32.0 Å². The fraction of sp³-hybridized carbons (Fsp3) is 0.900. The summed E-state index contributed by atoms with van der Waals surface area (Å²) in [5, 5.41) is 15.4. The predicted octanol–water partition coefficient (Wildman–Crippen LogP) is 0.460. The first kappa shape index (κ1) is 11.4. The molecule has 4 nitrogen and oxygen atoms in total. The Balaban J connectivity index is 2.23. The lowest BCUT2D eigenvalue weighted by atomic mass is 9.98. The molecular weight excluding hydrogens is 178 g/mol. The van der Waals surface area contributed by atoms with Gasteiger partial charge in [-0.1, -0.05) is 0 Å². The first-order valence-electron chi connectivity index (χ1n) is 5.03. The summed E-state index contributed by atoms with van der Waals surface area (Å²) in [6.45, 7) is 8.08. The Morgan fingerprint density at radius 2 is 2.14 bits per heavy atom. The standard InChI is InChI=1S/C10H19N3O/c1-8-4-13-9(5-12-8)14-7-10(2,3)6-11/h8-9,12-13H,4-5,7H2,1-3H3/t8-,9?/m1/s1. The van der Waals surface area contributed by atoms with E-state index in [2.05, 4.69) is 23.6 Å². The smallest absolute Gasteiger partial charge is 0.120 e. The molecule has 14 heavy (non-hydrogen) atoms. The van der Waals surface area contributed by atoms with E-state index in [9.17, 15) is 0 Å². The topological polar surface area (TPSA) is 57.1 Å². The van der Waals surface area contributed by atoms with E-state index in [-0.39, 0.29) is 6.23 Å². The number of hydrogen-bond acceptors (Lipinski definition) is 4. The molecule has 0 aliphatic carbocycles. The van der Waals surface area contributed by atoms with Gasteiger partial charge in [0.1, 0.15) is 6.23 Å². The summed E-state index contributed by atoms with van der Waals surface area (Å²) < 4.78 is 5.59. The van der Waals surface area contributed by atoms with Crippen LogP contribution in [0, 0.1) is 16.7 Å². The van der Waals surface area contributed by atoms with E-state index in [0.717, 1.165) is 13.1 Å². The molecule has 1 aliphatic heterocycles. The molecule has 2 N–H and O–H groups in total. The van der Waals surface area contributed by atoms with E-state index in [4.69, 9.17) is 10.00 Å². The predicted molar refractivity (Wildman–Crippen MR) is 54.6 cm³/mol. The molecule has 0 spiro atoms. The van der Waals surface area contributed by atoms with Crippen molar-refractivity contribution in [2.45, 2.75) is 33.0 Å². The molecule has 0 aromatic carbocycles. The lowest BCUT2D eigenvalue weighted by Crippen LogP contribution is -2.54. The summed E-state index contributed by atoms with van der Waals surface area (Å²) in [6, 6.07) is 2.72. The average Bonchev–Trinajstić information content (AvgIpc) is 2.17. The molecule has 4 heteroatoms. The van der Waals surface area contributed by atoms with E-state index < -0.39 is 5.41 Å². The van der Waals surface area contributed by atoms with Gasteiger partial charge in [-0.25, -0.2) is 0 Å². The third kappa shape index (κ3) is 3.62. The number of piperazine rings is 1. The maximum Gasteiger partial charge on any atom is 0.120 e. The highest BCUT2D eigenvalue weighted by Gasteiger charge is 2.22. The second-order valence-electron chi connectivity index (χ2n) is 4.51. The van der Waals surface area contributed by atoms with Crippen LogP contribution in [0.2, 0.25) is 0 Å². The van der Waals surface area contributed by atoms with E-state index in [1.807, 2.05) is 13.8 Å². The third-order valence-corrected chi connectivity index (χ3v) is 2.25. The van der Waals surface area contributed by atoms with Crippen LogP contribution in [0.15, 0.2) is 0 Å². The minimum absolute atomic E-state index is 0.0406. The lowest BCUT2D eigenvalue weighted by molar-refractivity contribution is -0.0114. The molecule has 1 rings (SSSR count). The first-order chi connectivity index (χ1) is 6.53. The summed E-state index contributed by atoms with van der Waals surface area (Å²) in [6.07, 6.45) is 0.0406. The zero-order chi connectivity index (χ0) is 10.6. The number of rotatable bonds is 3. The van der Waals surface area contributed by atoms with Crippen molar-refractivity contribution in [3.63, 3.8) is 0 Å². The lowest BCUT2D eigenvalue weighted by Gasteiger charge is -2.30. The molecule has 2 atom stereocenters. The van der Waals surface area contributed by atoms with Crippen LogP contribution in [0.25, 0.3) is 0 Å². The van der Waals surface area contributed by atoms with Crippen molar-refractivity contribution in [3.05, 3.63) is 0 Å². The van der Waals surface area contributed by atoms with Gasteiger partial charge >= 0.3 is 0 Å². The molecule has 1 heterocycles. The summed E-state index contributed by atoms with van der Waals surface area (Å²) in [5.41, 5.74) is -0.398. The minimum Gasteiger partial charge on any atom is -0.360 e. The van der Waals surface area contributed by atoms with E-state index in [1.165, 1.54) is 0 Å². The summed E-state index contributed by atoms with van der Waals surface area (Å²) in [5.74, 6) is 0. The van der Waals surface area contributed by atoms with Crippen molar-refractivity contribution in [2.75, 3.05) is 19.7 Å². The van der Waals surface area contributed by atoms with Gasteiger partial charge in [0.25, 0.3) is 0 Å². The zero-order valence-corrected chi connectivity index (χ0v) is 9.13. The second kappa shape index (κ2) is 4.74. The Morgan fingerprint density at radius 3 is 2.64 bits per heavy atom. The van der Waals surface area contributed by atoms with Crippen LogP contribution in [0.1, 0.15) is 20.8 Å². The molecule has 1 unspecified atom stereocenters. The van der Waals surface area contributed by atoms with Gasteiger partial charge < -0.3 is 10.1 Å². The van der Waals surface area contributed by atoms with Crippen molar-refractivity contribution in [3.8, 4) is 6.07 Å². The van der Waals surface area contributed by atoms with E-state index >= 15 is 0 Å². The monoisotopic (exact) mass is 197 g/mol. The summed E-state index contributed by atoms with van der Waals surface area (Å²) >= 11 is 0. The number of nitrogens with one attached hydrogen (secondary N) is 2. The molecule has 0 saturated carbocycles. The SMILES string of the molecule is C[C@@H]1CNC(OCC(C)(C)C#N)CN1. The van der Waals surface area contributed by atoms with Gasteiger partial charge in [-0.3, -0.25) is 5.32 Å². The average molecular weight is 197 g/mol. The number of ether oxygens (including phenoxy) is 1. The number of hydrogen-bond donors (Lipinski definition) is 2. The van der Waals surface area contributed by atoms with Crippen LogP contribution in [0.3, 0.4) is 0 Å². The number of nitriles is 1. The van der Waals surface area contributed by atoms with E-state index in [1.54, 1.807) is 0 Å². The molecule has 1 aliphatic rings. The van der Waals surface area contributed by atoms with Crippen LogP contribution in [0.4, 0.5) is 0 Å². The molecular formula is C10H19N3O. The van der Waals surface area contributed by atoms with Gasteiger partial charge in [0.2, 0.25) is 0 Å². The van der Waals surface area contributed by atoms with Crippen LogP contribution in [0.5, 0.6) is 0 Å². The van der Waals surface area contributed by atoms with Crippen LogP contribution in [-0.2, 0) is 4.74 Å². The maximum absolute atomic E-state index is 8.80. The van der Waals surface area contributed by atoms with Gasteiger partial charge in [0.15, 0.2) is 0 Å². The Labute approximate surface area is 85.6 Å². The van der Waals surface area contributed by atoms with E-state index in [0.29, 0.717) is 12.6 Å². The quantitative estimate of drug-likeness (QED) is 0.690.